The first-order valence-electron chi connectivity index (χ1n) is 8.39. The van der Waals surface area contributed by atoms with Crippen LogP contribution in [0, 0.1) is 0 Å². The van der Waals surface area contributed by atoms with Crippen molar-refractivity contribution in [1.82, 2.24) is 4.98 Å². The molecule has 2 N–H and O–H groups in total. The standard InChI is InChI=1S/C19H16F3N3O4S/c1-27-15-8-5-12(9-16(15)28-2)23-17(26)14-10-30-18(25-14)24-11-3-6-13(7-4-11)29-19(20,21)22/h3-10H,1-2H3,(H,23,26)(H,24,25). The summed E-state index contributed by atoms with van der Waals surface area (Å²) >= 11 is 1.17. The predicted molar refractivity (Wildman–Crippen MR) is 106 cm³/mol. The van der Waals surface area contributed by atoms with Crippen molar-refractivity contribution in [1.29, 1.82) is 0 Å². The first kappa shape index (κ1) is 21.2. The fourth-order valence-corrected chi connectivity index (χ4v) is 3.12. The normalized spacial score (nSPS) is 11.0. The Hall–Kier alpha value is -3.47. The van der Waals surface area contributed by atoms with E-state index in [0.29, 0.717) is 28.0 Å². The molecule has 30 heavy (non-hydrogen) atoms. The van der Waals surface area contributed by atoms with Crippen LogP contribution in [0.1, 0.15) is 10.5 Å². The molecule has 0 aliphatic carbocycles. The second-order valence-electron chi connectivity index (χ2n) is 5.76. The number of aromatic nitrogens is 1. The van der Waals surface area contributed by atoms with Crippen LogP contribution in [0.15, 0.2) is 47.8 Å². The van der Waals surface area contributed by atoms with Gasteiger partial charge in [-0.1, -0.05) is 0 Å². The van der Waals surface area contributed by atoms with E-state index in [1.165, 1.54) is 49.8 Å². The number of carbonyl (C=O) groups is 1. The molecular formula is C19H16F3N3O4S. The molecule has 3 rings (SSSR count). The number of nitrogens with zero attached hydrogens (tertiary/aromatic N) is 1. The summed E-state index contributed by atoms with van der Waals surface area (Å²) in [5.74, 6) is 0.235. The first-order chi connectivity index (χ1) is 14.3. The maximum Gasteiger partial charge on any atom is 0.573 e. The van der Waals surface area contributed by atoms with Crippen LogP contribution in [-0.2, 0) is 0 Å². The Balaban J connectivity index is 1.64. The third kappa shape index (κ3) is 5.54. The van der Waals surface area contributed by atoms with Crippen LogP contribution in [0.4, 0.5) is 29.7 Å². The number of alkyl halides is 3. The van der Waals surface area contributed by atoms with Gasteiger partial charge in [0.25, 0.3) is 5.91 Å². The second kappa shape index (κ2) is 8.91. The Morgan fingerprint density at radius 3 is 2.30 bits per heavy atom. The Bertz CT molecular complexity index is 1020. The SMILES string of the molecule is COc1ccc(NC(=O)c2csc(Nc3ccc(OC(F)(F)F)cc3)n2)cc1OC. The molecule has 3 aromatic rings. The summed E-state index contributed by atoms with van der Waals surface area (Å²) in [6, 6.07) is 10.1. The number of rotatable bonds is 7. The van der Waals surface area contributed by atoms with Crippen molar-refractivity contribution in [3.8, 4) is 17.2 Å². The highest BCUT2D eigenvalue weighted by Gasteiger charge is 2.30. The zero-order chi connectivity index (χ0) is 21.7. The van der Waals surface area contributed by atoms with Gasteiger partial charge in [0.1, 0.15) is 11.4 Å². The molecule has 0 bridgehead atoms. The average molecular weight is 439 g/mol. The van der Waals surface area contributed by atoms with Crippen LogP contribution in [0.3, 0.4) is 0 Å². The number of amides is 1. The Kier molecular flexibility index (Phi) is 6.31. The third-order valence-electron chi connectivity index (χ3n) is 3.72. The summed E-state index contributed by atoms with van der Waals surface area (Å²) in [5, 5.41) is 7.58. The molecule has 0 saturated carbocycles. The van der Waals surface area contributed by atoms with E-state index in [1.807, 2.05) is 0 Å². The van der Waals surface area contributed by atoms with E-state index in [1.54, 1.807) is 23.6 Å². The summed E-state index contributed by atoms with van der Waals surface area (Å²) in [6.07, 6.45) is -4.75. The smallest absolute Gasteiger partial charge is 0.493 e. The zero-order valence-electron chi connectivity index (χ0n) is 15.7. The van der Waals surface area contributed by atoms with Crippen molar-refractivity contribution in [2.24, 2.45) is 0 Å². The summed E-state index contributed by atoms with van der Waals surface area (Å²) < 4.78 is 50.8. The van der Waals surface area contributed by atoms with E-state index in [2.05, 4.69) is 20.4 Å². The molecule has 0 aliphatic heterocycles. The third-order valence-corrected chi connectivity index (χ3v) is 4.48. The van der Waals surface area contributed by atoms with Gasteiger partial charge in [-0.25, -0.2) is 4.98 Å². The zero-order valence-corrected chi connectivity index (χ0v) is 16.6. The van der Waals surface area contributed by atoms with E-state index in [9.17, 15) is 18.0 Å². The number of thiazole rings is 1. The Morgan fingerprint density at radius 1 is 1.00 bits per heavy atom. The maximum atomic E-state index is 12.4. The predicted octanol–water partition coefficient (Wildman–Crippen LogP) is 5.05. The average Bonchev–Trinajstić information content (AvgIpc) is 3.17. The number of nitrogens with one attached hydrogen (secondary N) is 2. The van der Waals surface area contributed by atoms with Crippen molar-refractivity contribution in [2.45, 2.75) is 6.36 Å². The number of anilines is 3. The molecule has 0 unspecified atom stereocenters. The van der Waals surface area contributed by atoms with Gasteiger partial charge in [-0.3, -0.25) is 4.79 Å². The molecule has 11 heteroatoms. The molecule has 1 heterocycles. The fourth-order valence-electron chi connectivity index (χ4n) is 2.41. The highest BCUT2D eigenvalue weighted by atomic mass is 32.1. The van der Waals surface area contributed by atoms with Crippen molar-refractivity contribution in [3.05, 3.63) is 53.5 Å². The number of carbonyl (C=O) groups excluding carboxylic acids is 1. The lowest BCUT2D eigenvalue weighted by atomic mass is 10.2. The van der Waals surface area contributed by atoms with Gasteiger partial charge in [-0.05, 0) is 36.4 Å². The van der Waals surface area contributed by atoms with Crippen molar-refractivity contribution in [3.63, 3.8) is 0 Å². The molecule has 0 atom stereocenters. The summed E-state index contributed by atoms with van der Waals surface area (Å²) in [5.41, 5.74) is 1.17. The number of ether oxygens (including phenoxy) is 3. The number of halogens is 3. The molecule has 0 saturated heterocycles. The molecule has 7 nitrogen and oxygen atoms in total. The van der Waals surface area contributed by atoms with Crippen molar-refractivity contribution in [2.75, 3.05) is 24.9 Å². The van der Waals surface area contributed by atoms with Crippen LogP contribution in [0.5, 0.6) is 17.2 Å². The first-order valence-corrected chi connectivity index (χ1v) is 9.27. The molecule has 0 radical (unpaired) electrons. The number of methoxy groups -OCH3 is 2. The van der Waals surface area contributed by atoms with Gasteiger partial charge in [0.15, 0.2) is 16.6 Å². The van der Waals surface area contributed by atoms with E-state index < -0.39 is 12.3 Å². The molecule has 1 aromatic heterocycles. The summed E-state index contributed by atoms with van der Waals surface area (Å²) in [6.45, 7) is 0. The lowest BCUT2D eigenvalue weighted by Gasteiger charge is -2.10. The number of hydrogen-bond donors (Lipinski definition) is 2. The summed E-state index contributed by atoms with van der Waals surface area (Å²) in [4.78, 5) is 16.6. The largest absolute Gasteiger partial charge is 0.573 e. The van der Waals surface area contributed by atoms with E-state index in [4.69, 9.17) is 9.47 Å². The quantitative estimate of drug-likeness (QED) is 0.536. The lowest BCUT2D eigenvalue weighted by molar-refractivity contribution is -0.274. The minimum absolute atomic E-state index is 0.175. The molecule has 0 spiro atoms. The highest BCUT2D eigenvalue weighted by Crippen LogP contribution is 2.30. The van der Waals surface area contributed by atoms with E-state index in [-0.39, 0.29) is 11.4 Å². The van der Waals surface area contributed by atoms with Gasteiger partial charge in [-0.2, -0.15) is 0 Å². The molecule has 0 fully saturated rings. The second-order valence-corrected chi connectivity index (χ2v) is 6.62. The number of benzene rings is 2. The van der Waals surface area contributed by atoms with Crippen LogP contribution in [0.2, 0.25) is 0 Å². The summed E-state index contributed by atoms with van der Waals surface area (Å²) in [7, 11) is 3.00. The molecule has 2 aromatic carbocycles. The number of hydrogen-bond acceptors (Lipinski definition) is 7. The van der Waals surface area contributed by atoms with Crippen LogP contribution >= 0.6 is 11.3 Å². The maximum absolute atomic E-state index is 12.4. The monoisotopic (exact) mass is 439 g/mol. The van der Waals surface area contributed by atoms with E-state index >= 15 is 0 Å². The van der Waals surface area contributed by atoms with Crippen molar-refractivity contribution >= 4 is 33.8 Å². The highest BCUT2D eigenvalue weighted by molar-refractivity contribution is 7.14. The van der Waals surface area contributed by atoms with Gasteiger partial charge in [0.2, 0.25) is 0 Å². The Morgan fingerprint density at radius 2 is 1.67 bits per heavy atom. The van der Waals surface area contributed by atoms with Crippen LogP contribution in [0.25, 0.3) is 0 Å². The fraction of sp³-hybridized carbons (Fsp3) is 0.158. The van der Waals surface area contributed by atoms with E-state index in [0.717, 1.165) is 0 Å². The van der Waals surface area contributed by atoms with Gasteiger partial charge < -0.3 is 24.8 Å². The van der Waals surface area contributed by atoms with Crippen LogP contribution < -0.4 is 24.8 Å². The van der Waals surface area contributed by atoms with Gasteiger partial charge in [-0.15, -0.1) is 24.5 Å². The molecule has 1 amide bonds. The molecule has 158 valence electrons. The minimum atomic E-state index is -4.75. The Labute approximate surface area is 173 Å². The van der Waals surface area contributed by atoms with Gasteiger partial charge in [0, 0.05) is 22.8 Å². The molecule has 0 aliphatic rings. The molecular weight excluding hydrogens is 423 g/mol. The van der Waals surface area contributed by atoms with Crippen molar-refractivity contribution < 1.29 is 32.2 Å². The van der Waals surface area contributed by atoms with Crippen LogP contribution in [-0.4, -0.2) is 31.5 Å². The van der Waals surface area contributed by atoms with Gasteiger partial charge in [0.05, 0.1) is 14.2 Å². The topological polar surface area (TPSA) is 81.7 Å². The lowest BCUT2D eigenvalue weighted by Crippen LogP contribution is -2.16. The van der Waals surface area contributed by atoms with Gasteiger partial charge >= 0.3 is 6.36 Å². The minimum Gasteiger partial charge on any atom is -0.493 e.